The quantitative estimate of drug-likeness (QED) is 0.748. The minimum absolute atomic E-state index is 0.107. The van der Waals surface area contributed by atoms with Crippen molar-refractivity contribution in [2.75, 3.05) is 19.8 Å². The maximum atomic E-state index is 13.4. The molecular weight excluding hydrogens is 427 g/mol. The van der Waals surface area contributed by atoms with Gasteiger partial charge in [-0.3, -0.25) is 9.59 Å². The van der Waals surface area contributed by atoms with Gasteiger partial charge >= 0.3 is 0 Å². The SMILES string of the molecule is CCc1cc(C)[nH]c(=O)c1CN1CCc2c(Cl)cc(O[C@H]3CCOC3)c(Cl)c2C1=O. The van der Waals surface area contributed by atoms with Gasteiger partial charge in [0.25, 0.3) is 11.5 Å². The number of hydrogen-bond acceptors (Lipinski definition) is 4. The number of aromatic nitrogens is 1. The van der Waals surface area contributed by atoms with Crippen molar-refractivity contribution >= 4 is 29.1 Å². The number of aryl methyl sites for hydroxylation is 2. The van der Waals surface area contributed by atoms with E-state index in [1.54, 1.807) is 11.0 Å². The maximum absolute atomic E-state index is 13.4. The van der Waals surface area contributed by atoms with Gasteiger partial charge in [-0.05, 0) is 37.0 Å². The van der Waals surface area contributed by atoms with E-state index in [0.717, 1.165) is 23.2 Å². The third-order valence-corrected chi connectivity index (χ3v) is 6.40. The molecule has 0 aliphatic carbocycles. The number of nitrogens with zero attached hydrogens (tertiary/aromatic N) is 1. The topological polar surface area (TPSA) is 71.6 Å². The Morgan fingerprint density at radius 1 is 1.30 bits per heavy atom. The lowest BCUT2D eigenvalue weighted by atomic mass is 9.97. The van der Waals surface area contributed by atoms with Gasteiger partial charge in [0.05, 0.1) is 30.3 Å². The number of H-pyrrole nitrogens is 1. The molecule has 3 heterocycles. The van der Waals surface area contributed by atoms with Crippen LogP contribution in [0.4, 0.5) is 0 Å². The number of carbonyl (C=O) groups is 1. The van der Waals surface area contributed by atoms with Crippen molar-refractivity contribution in [2.24, 2.45) is 0 Å². The first-order valence-electron chi connectivity index (χ1n) is 10.1. The molecule has 0 saturated carbocycles. The second-order valence-corrected chi connectivity index (χ2v) is 8.53. The maximum Gasteiger partial charge on any atom is 0.256 e. The fourth-order valence-electron chi connectivity index (χ4n) is 4.10. The molecule has 2 aliphatic rings. The normalized spacial score (nSPS) is 18.6. The van der Waals surface area contributed by atoms with Crippen molar-refractivity contribution in [3.05, 3.63) is 60.5 Å². The summed E-state index contributed by atoms with van der Waals surface area (Å²) in [7, 11) is 0. The second kappa shape index (κ2) is 8.61. The van der Waals surface area contributed by atoms with Crippen LogP contribution in [-0.2, 0) is 24.1 Å². The van der Waals surface area contributed by atoms with E-state index in [9.17, 15) is 9.59 Å². The largest absolute Gasteiger partial charge is 0.486 e. The standard InChI is InChI=1S/C22H24Cl2N2O4/c1-3-13-8-12(2)25-21(27)16(13)10-26-6-4-15-17(23)9-18(20(24)19(15)22(26)28)30-14-5-7-29-11-14/h8-9,14H,3-7,10-11H2,1-2H3,(H,25,27)/t14-/m0/s1. The van der Waals surface area contributed by atoms with Crippen LogP contribution in [0.2, 0.25) is 10.0 Å². The van der Waals surface area contributed by atoms with Crippen LogP contribution >= 0.6 is 23.2 Å². The number of carbonyl (C=O) groups excluding carboxylic acids is 1. The highest BCUT2D eigenvalue weighted by Crippen LogP contribution is 2.40. The molecule has 0 unspecified atom stereocenters. The van der Waals surface area contributed by atoms with Crippen molar-refractivity contribution in [2.45, 2.75) is 45.8 Å². The summed E-state index contributed by atoms with van der Waals surface area (Å²) >= 11 is 13.1. The van der Waals surface area contributed by atoms with Crippen LogP contribution in [-0.4, -0.2) is 41.7 Å². The van der Waals surface area contributed by atoms with Crippen LogP contribution in [0.15, 0.2) is 16.9 Å². The van der Waals surface area contributed by atoms with Gasteiger partial charge in [-0.25, -0.2) is 0 Å². The number of fused-ring (bicyclic) bond motifs is 1. The van der Waals surface area contributed by atoms with Crippen molar-refractivity contribution in [1.82, 2.24) is 9.88 Å². The molecule has 1 atom stereocenters. The van der Waals surface area contributed by atoms with E-state index in [0.29, 0.717) is 54.5 Å². The number of benzene rings is 1. The van der Waals surface area contributed by atoms with Gasteiger partial charge in [-0.15, -0.1) is 0 Å². The summed E-state index contributed by atoms with van der Waals surface area (Å²) < 4.78 is 11.3. The molecule has 0 spiro atoms. The van der Waals surface area contributed by atoms with Gasteiger partial charge in [0.1, 0.15) is 11.9 Å². The fourth-order valence-corrected chi connectivity index (χ4v) is 4.68. The lowest BCUT2D eigenvalue weighted by molar-refractivity contribution is 0.0725. The van der Waals surface area contributed by atoms with Crippen LogP contribution in [0.1, 0.15) is 46.1 Å². The molecule has 8 heteroatoms. The number of halogens is 2. The Morgan fingerprint density at radius 2 is 2.10 bits per heavy atom. The first-order chi connectivity index (χ1) is 14.4. The molecule has 1 aromatic carbocycles. The molecule has 0 bridgehead atoms. The first kappa shape index (κ1) is 21.2. The smallest absolute Gasteiger partial charge is 0.256 e. The van der Waals surface area contributed by atoms with Gasteiger partial charge < -0.3 is 19.4 Å². The number of pyridine rings is 1. The molecule has 4 rings (SSSR count). The van der Waals surface area contributed by atoms with E-state index in [-0.39, 0.29) is 29.1 Å². The van der Waals surface area contributed by atoms with Crippen LogP contribution in [0.3, 0.4) is 0 Å². The number of amides is 1. The van der Waals surface area contributed by atoms with E-state index in [1.165, 1.54) is 0 Å². The van der Waals surface area contributed by atoms with Crippen molar-refractivity contribution < 1.29 is 14.3 Å². The van der Waals surface area contributed by atoms with E-state index in [4.69, 9.17) is 32.7 Å². The van der Waals surface area contributed by atoms with E-state index in [2.05, 4.69) is 4.98 Å². The van der Waals surface area contributed by atoms with Crippen LogP contribution in [0.25, 0.3) is 0 Å². The summed E-state index contributed by atoms with van der Waals surface area (Å²) in [5.41, 5.74) is 3.30. The predicted molar refractivity (Wildman–Crippen MR) is 116 cm³/mol. The minimum atomic E-state index is -0.238. The molecule has 160 valence electrons. The summed E-state index contributed by atoms with van der Waals surface area (Å²) in [4.78, 5) is 30.4. The minimum Gasteiger partial charge on any atom is -0.486 e. The highest BCUT2D eigenvalue weighted by Gasteiger charge is 2.32. The highest BCUT2D eigenvalue weighted by atomic mass is 35.5. The summed E-state index contributed by atoms with van der Waals surface area (Å²) in [6, 6.07) is 3.64. The Kier molecular flexibility index (Phi) is 6.09. The number of ether oxygens (including phenoxy) is 2. The average molecular weight is 451 g/mol. The molecule has 30 heavy (non-hydrogen) atoms. The third-order valence-electron chi connectivity index (χ3n) is 5.69. The molecule has 1 aromatic heterocycles. The van der Waals surface area contributed by atoms with E-state index in [1.807, 2.05) is 19.9 Å². The molecular formula is C22H24Cl2N2O4. The summed E-state index contributed by atoms with van der Waals surface area (Å²) in [5.74, 6) is 0.159. The number of hydrogen-bond donors (Lipinski definition) is 1. The number of aromatic amines is 1. The lowest BCUT2D eigenvalue weighted by Gasteiger charge is -2.31. The Morgan fingerprint density at radius 3 is 2.80 bits per heavy atom. The molecule has 1 N–H and O–H groups in total. The lowest BCUT2D eigenvalue weighted by Crippen LogP contribution is -2.39. The molecule has 2 aromatic rings. The molecule has 6 nitrogen and oxygen atoms in total. The Balaban J connectivity index is 1.66. The molecule has 2 aliphatic heterocycles. The third kappa shape index (κ3) is 3.96. The second-order valence-electron chi connectivity index (χ2n) is 7.74. The zero-order chi connectivity index (χ0) is 21.4. The zero-order valence-corrected chi connectivity index (χ0v) is 18.5. The average Bonchev–Trinajstić information content (AvgIpc) is 3.22. The van der Waals surface area contributed by atoms with Gasteiger partial charge in [0.15, 0.2) is 0 Å². The van der Waals surface area contributed by atoms with Crippen molar-refractivity contribution in [3.63, 3.8) is 0 Å². The summed E-state index contributed by atoms with van der Waals surface area (Å²) in [6.45, 7) is 5.67. The summed E-state index contributed by atoms with van der Waals surface area (Å²) in [5, 5.41) is 0.739. The van der Waals surface area contributed by atoms with Gasteiger partial charge in [0.2, 0.25) is 0 Å². The van der Waals surface area contributed by atoms with Crippen LogP contribution < -0.4 is 10.3 Å². The first-order valence-corrected chi connectivity index (χ1v) is 10.9. The van der Waals surface area contributed by atoms with Gasteiger partial charge in [-0.1, -0.05) is 30.1 Å². The van der Waals surface area contributed by atoms with Crippen molar-refractivity contribution in [1.29, 1.82) is 0 Å². The Hall–Kier alpha value is -2.02. The molecule has 0 radical (unpaired) electrons. The Bertz CT molecular complexity index is 1040. The number of nitrogens with one attached hydrogen (secondary N) is 1. The van der Waals surface area contributed by atoms with Crippen LogP contribution in [0, 0.1) is 6.92 Å². The molecule has 1 fully saturated rings. The van der Waals surface area contributed by atoms with Crippen molar-refractivity contribution in [3.8, 4) is 5.75 Å². The molecule has 1 saturated heterocycles. The monoisotopic (exact) mass is 450 g/mol. The van der Waals surface area contributed by atoms with Crippen LogP contribution in [0.5, 0.6) is 5.75 Å². The van der Waals surface area contributed by atoms with E-state index < -0.39 is 0 Å². The molecule has 1 amide bonds. The zero-order valence-electron chi connectivity index (χ0n) is 17.0. The van der Waals surface area contributed by atoms with Gasteiger partial charge in [-0.2, -0.15) is 0 Å². The highest BCUT2D eigenvalue weighted by molar-refractivity contribution is 6.38. The fraction of sp³-hybridized carbons (Fsp3) is 0.455. The Labute approximate surface area is 185 Å². The van der Waals surface area contributed by atoms with Gasteiger partial charge in [0, 0.05) is 35.3 Å². The number of rotatable bonds is 5. The summed E-state index contributed by atoms with van der Waals surface area (Å²) in [6.07, 6.45) is 1.94. The van der Waals surface area contributed by atoms with E-state index >= 15 is 0 Å². The predicted octanol–water partition coefficient (Wildman–Crippen LogP) is 3.92.